The maximum absolute atomic E-state index is 13.9. The molecule has 170 valence electrons. The van der Waals surface area contributed by atoms with Crippen LogP contribution in [0.15, 0.2) is 47.4 Å². The molecule has 32 heavy (non-hydrogen) atoms. The van der Waals surface area contributed by atoms with Crippen LogP contribution in [0.5, 0.6) is 0 Å². The van der Waals surface area contributed by atoms with Gasteiger partial charge in [-0.15, -0.1) is 0 Å². The first-order valence-corrected chi connectivity index (χ1v) is 12.2. The van der Waals surface area contributed by atoms with Crippen molar-refractivity contribution < 1.29 is 22.4 Å². The lowest BCUT2D eigenvalue weighted by Gasteiger charge is -2.26. The summed E-state index contributed by atoms with van der Waals surface area (Å²) in [5.74, 6) is -1.15. The molecule has 9 heteroatoms. The van der Waals surface area contributed by atoms with Crippen molar-refractivity contribution in [1.82, 2.24) is 9.62 Å². The number of amides is 2. The molecule has 1 unspecified atom stereocenters. The summed E-state index contributed by atoms with van der Waals surface area (Å²) in [6.07, 6.45) is 2.90. The quantitative estimate of drug-likeness (QED) is 0.745. The number of fused-ring (bicyclic) bond motifs is 1. The zero-order chi connectivity index (χ0) is 22.9. The normalized spacial score (nSPS) is 18.9. The third-order valence-electron chi connectivity index (χ3n) is 6.04. The summed E-state index contributed by atoms with van der Waals surface area (Å²) in [6.45, 7) is 2.36. The first-order chi connectivity index (χ1) is 15.3. The van der Waals surface area contributed by atoms with Gasteiger partial charge in [-0.2, -0.15) is 4.31 Å². The lowest BCUT2D eigenvalue weighted by Crippen LogP contribution is -2.47. The molecule has 1 saturated heterocycles. The maximum Gasteiger partial charge on any atom is 0.243 e. The highest BCUT2D eigenvalue weighted by Gasteiger charge is 2.38. The number of nitrogens with zero attached hydrogens (tertiary/aromatic N) is 2. The number of halogens is 1. The molecule has 0 spiro atoms. The van der Waals surface area contributed by atoms with Gasteiger partial charge in [-0.05, 0) is 42.7 Å². The van der Waals surface area contributed by atoms with Crippen molar-refractivity contribution in [3.05, 3.63) is 59.4 Å². The molecule has 4 rings (SSSR count). The first-order valence-electron chi connectivity index (χ1n) is 10.7. The molecular weight excluding hydrogens is 433 g/mol. The van der Waals surface area contributed by atoms with E-state index in [1.807, 2.05) is 0 Å². The zero-order valence-corrected chi connectivity index (χ0v) is 18.7. The number of hydrogen-bond donors (Lipinski definition) is 1. The topological polar surface area (TPSA) is 86.8 Å². The van der Waals surface area contributed by atoms with E-state index in [-0.39, 0.29) is 23.8 Å². The van der Waals surface area contributed by atoms with Gasteiger partial charge < -0.3 is 5.32 Å². The van der Waals surface area contributed by atoms with Gasteiger partial charge in [-0.3, -0.25) is 14.5 Å². The number of benzene rings is 2. The molecule has 0 aromatic heterocycles. The Kier molecular flexibility index (Phi) is 6.30. The number of rotatable bonds is 5. The minimum atomic E-state index is -3.62. The Hall–Kier alpha value is -2.78. The summed E-state index contributed by atoms with van der Waals surface area (Å²) in [4.78, 5) is 26.8. The minimum absolute atomic E-state index is 0.00130. The summed E-state index contributed by atoms with van der Waals surface area (Å²) >= 11 is 0. The van der Waals surface area contributed by atoms with Crippen LogP contribution in [0.1, 0.15) is 37.3 Å². The standard InChI is InChI=1S/C23H26FN3O4S/c1-16(28)27-21-10-9-19(32(30,31)26-11-5-2-6-12-26)13-18(21)14-22(27)23(29)25-15-17-7-3-4-8-20(17)24/h3-4,7-10,13,22H,2,5-6,11-12,14-15H2,1H3,(H,25,29). The zero-order valence-electron chi connectivity index (χ0n) is 17.9. The van der Waals surface area contributed by atoms with E-state index in [4.69, 9.17) is 0 Å². The van der Waals surface area contributed by atoms with Gasteiger partial charge in [0.05, 0.1) is 4.90 Å². The third-order valence-corrected chi connectivity index (χ3v) is 7.94. The fourth-order valence-electron chi connectivity index (χ4n) is 4.38. The van der Waals surface area contributed by atoms with Crippen LogP contribution in [0.4, 0.5) is 10.1 Å². The van der Waals surface area contributed by atoms with Crippen molar-refractivity contribution in [2.24, 2.45) is 0 Å². The largest absolute Gasteiger partial charge is 0.350 e. The summed E-state index contributed by atoms with van der Waals surface area (Å²) < 4.78 is 41.4. The molecule has 0 aliphatic carbocycles. The average molecular weight is 460 g/mol. The van der Waals surface area contributed by atoms with E-state index in [1.165, 1.54) is 28.3 Å². The summed E-state index contributed by atoms with van der Waals surface area (Å²) in [6, 6.07) is 10.00. The fourth-order valence-corrected chi connectivity index (χ4v) is 5.95. The number of nitrogens with one attached hydrogen (secondary N) is 1. The third kappa shape index (κ3) is 4.27. The molecule has 1 atom stereocenters. The van der Waals surface area contributed by atoms with Crippen LogP contribution in [0.3, 0.4) is 0 Å². The second-order valence-corrected chi connectivity index (χ2v) is 10.1. The van der Waals surface area contributed by atoms with Crippen LogP contribution in [0.2, 0.25) is 0 Å². The monoisotopic (exact) mass is 459 g/mol. The predicted octanol–water partition coefficient (Wildman–Crippen LogP) is 2.59. The first kappa shape index (κ1) is 22.4. The van der Waals surface area contributed by atoms with Gasteiger partial charge in [0.15, 0.2) is 0 Å². The highest BCUT2D eigenvalue weighted by molar-refractivity contribution is 7.89. The van der Waals surface area contributed by atoms with Gasteiger partial charge in [0.2, 0.25) is 21.8 Å². The van der Waals surface area contributed by atoms with E-state index >= 15 is 0 Å². The molecule has 2 aromatic rings. The molecule has 0 radical (unpaired) electrons. The van der Waals surface area contributed by atoms with Gasteiger partial charge in [-0.1, -0.05) is 24.6 Å². The second kappa shape index (κ2) is 8.99. The number of hydrogen-bond acceptors (Lipinski definition) is 4. The van der Waals surface area contributed by atoms with E-state index < -0.39 is 27.8 Å². The SMILES string of the molecule is CC(=O)N1c2ccc(S(=O)(=O)N3CCCCC3)cc2CC1C(=O)NCc1ccccc1F. The lowest BCUT2D eigenvalue weighted by molar-refractivity contribution is -0.125. The van der Waals surface area contributed by atoms with Gasteiger partial charge in [0.1, 0.15) is 11.9 Å². The van der Waals surface area contributed by atoms with E-state index in [0.717, 1.165) is 19.3 Å². The van der Waals surface area contributed by atoms with Crippen LogP contribution in [-0.4, -0.2) is 43.7 Å². The number of carbonyl (C=O) groups excluding carboxylic acids is 2. The van der Waals surface area contributed by atoms with Gasteiger partial charge in [0.25, 0.3) is 0 Å². The van der Waals surface area contributed by atoms with Gasteiger partial charge >= 0.3 is 0 Å². The van der Waals surface area contributed by atoms with Gasteiger partial charge in [0, 0.05) is 44.2 Å². The molecule has 2 heterocycles. The van der Waals surface area contributed by atoms with Crippen molar-refractivity contribution in [2.75, 3.05) is 18.0 Å². The van der Waals surface area contributed by atoms with E-state index in [9.17, 15) is 22.4 Å². The van der Waals surface area contributed by atoms with Crippen LogP contribution in [0.25, 0.3) is 0 Å². The van der Waals surface area contributed by atoms with Crippen molar-refractivity contribution in [3.8, 4) is 0 Å². The highest BCUT2D eigenvalue weighted by Crippen LogP contribution is 2.35. The van der Waals surface area contributed by atoms with E-state index in [2.05, 4.69) is 5.32 Å². The summed E-state index contributed by atoms with van der Waals surface area (Å²) in [7, 11) is -3.62. The molecule has 1 N–H and O–H groups in total. The predicted molar refractivity (Wildman–Crippen MR) is 118 cm³/mol. The van der Waals surface area contributed by atoms with Crippen molar-refractivity contribution in [1.29, 1.82) is 0 Å². The van der Waals surface area contributed by atoms with E-state index in [0.29, 0.717) is 29.9 Å². The molecule has 2 aromatic carbocycles. The molecule has 2 amide bonds. The number of piperidine rings is 1. The number of sulfonamides is 1. The van der Waals surface area contributed by atoms with Crippen molar-refractivity contribution in [3.63, 3.8) is 0 Å². The van der Waals surface area contributed by atoms with Crippen LogP contribution in [-0.2, 0) is 32.6 Å². The molecule has 0 bridgehead atoms. The Morgan fingerprint density at radius 3 is 2.50 bits per heavy atom. The second-order valence-electron chi connectivity index (χ2n) is 8.17. The molecule has 2 aliphatic rings. The van der Waals surface area contributed by atoms with E-state index in [1.54, 1.807) is 30.3 Å². The summed E-state index contributed by atoms with van der Waals surface area (Å²) in [5, 5.41) is 2.70. The highest BCUT2D eigenvalue weighted by atomic mass is 32.2. The molecular formula is C23H26FN3O4S. The van der Waals surface area contributed by atoms with Crippen LogP contribution < -0.4 is 10.2 Å². The number of carbonyl (C=O) groups is 2. The molecule has 0 saturated carbocycles. The Balaban J connectivity index is 1.55. The Bertz CT molecular complexity index is 1150. The van der Waals surface area contributed by atoms with Crippen molar-refractivity contribution in [2.45, 2.75) is 50.1 Å². The Morgan fingerprint density at radius 2 is 1.81 bits per heavy atom. The Morgan fingerprint density at radius 1 is 1.09 bits per heavy atom. The Labute approximate surface area is 187 Å². The molecule has 7 nitrogen and oxygen atoms in total. The smallest absolute Gasteiger partial charge is 0.243 e. The van der Waals surface area contributed by atoms with Gasteiger partial charge in [-0.25, -0.2) is 12.8 Å². The van der Waals surface area contributed by atoms with Crippen LogP contribution in [0, 0.1) is 5.82 Å². The van der Waals surface area contributed by atoms with Crippen LogP contribution >= 0.6 is 0 Å². The lowest BCUT2D eigenvalue weighted by atomic mass is 10.1. The molecule has 1 fully saturated rings. The summed E-state index contributed by atoms with van der Waals surface area (Å²) in [5.41, 5.74) is 1.51. The molecule has 2 aliphatic heterocycles. The van der Waals surface area contributed by atoms with Crippen molar-refractivity contribution >= 4 is 27.5 Å². The average Bonchev–Trinajstić information content (AvgIpc) is 3.18. The maximum atomic E-state index is 13.9. The number of anilines is 1. The fraction of sp³-hybridized carbons (Fsp3) is 0.391. The minimum Gasteiger partial charge on any atom is -0.350 e.